The molecule has 0 heterocycles. The number of phenolic OH excluding ortho intramolecular Hbond substituents is 1. The third-order valence-corrected chi connectivity index (χ3v) is 4.60. The van der Waals surface area contributed by atoms with Crippen molar-refractivity contribution in [2.45, 2.75) is 38.0 Å². The molecule has 0 radical (unpaired) electrons. The lowest BCUT2D eigenvalue weighted by Crippen LogP contribution is -2.26. The van der Waals surface area contributed by atoms with E-state index in [4.69, 9.17) is 4.74 Å². The minimum Gasteiger partial charge on any atom is -0.506 e. The van der Waals surface area contributed by atoms with Gasteiger partial charge in [0.15, 0.2) is 0 Å². The Bertz CT molecular complexity index is 402. The maximum Gasteiger partial charge on any atom is 0.143 e. The SMILES string of the molecule is COC1CCC(NCc2cc(Br)c(O)c(Br)c2)C1. The molecule has 2 N–H and O–H groups in total. The minimum absolute atomic E-state index is 0.249. The van der Waals surface area contributed by atoms with Crippen molar-refractivity contribution >= 4 is 31.9 Å². The van der Waals surface area contributed by atoms with E-state index in [9.17, 15) is 5.11 Å². The molecule has 1 fully saturated rings. The smallest absolute Gasteiger partial charge is 0.143 e. The number of phenols is 1. The quantitative estimate of drug-likeness (QED) is 0.841. The number of hydrogen-bond acceptors (Lipinski definition) is 3. The fourth-order valence-corrected chi connectivity index (χ4v) is 3.60. The zero-order chi connectivity index (χ0) is 13.1. The van der Waals surface area contributed by atoms with Gasteiger partial charge < -0.3 is 15.2 Å². The third kappa shape index (κ3) is 3.47. The highest BCUT2D eigenvalue weighted by molar-refractivity contribution is 9.11. The predicted octanol–water partition coefficient (Wildman–Crippen LogP) is 3.57. The highest BCUT2D eigenvalue weighted by Gasteiger charge is 2.23. The second-order valence-corrected chi connectivity index (χ2v) is 6.37. The molecule has 1 aliphatic carbocycles. The Balaban J connectivity index is 1.91. The molecule has 0 bridgehead atoms. The highest BCUT2D eigenvalue weighted by Crippen LogP contribution is 2.33. The normalized spacial score (nSPS) is 23.5. The molecule has 1 aromatic rings. The molecule has 100 valence electrons. The van der Waals surface area contributed by atoms with Gasteiger partial charge in [-0.15, -0.1) is 0 Å². The van der Waals surface area contributed by atoms with Gasteiger partial charge in [-0.2, -0.15) is 0 Å². The zero-order valence-electron chi connectivity index (χ0n) is 10.2. The van der Waals surface area contributed by atoms with Gasteiger partial charge in [-0.25, -0.2) is 0 Å². The van der Waals surface area contributed by atoms with E-state index in [1.807, 2.05) is 12.1 Å². The van der Waals surface area contributed by atoms with Crippen molar-refractivity contribution in [2.24, 2.45) is 0 Å². The summed E-state index contributed by atoms with van der Waals surface area (Å²) >= 11 is 6.69. The molecular formula is C13H17Br2NO2. The number of nitrogens with one attached hydrogen (secondary N) is 1. The molecule has 0 aliphatic heterocycles. The van der Waals surface area contributed by atoms with E-state index in [2.05, 4.69) is 37.2 Å². The van der Waals surface area contributed by atoms with Crippen LogP contribution in [-0.2, 0) is 11.3 Å². The maximum atomic E-state index is 9.65. The molecule has 2 atom stereocenters. The Morgan fingerprint density at radius 2 is 2.00 bits per heavy atom. The van der Waals surface area contributed by atoms with Gasteiger partial charge >= 0.3 is 0 Å². The van der Waals surface area contributed by atoms with Crippen molar-refractivity contribution in [3.63, 3.8) is 0 Å². The molecule has 0 aromatic heterocycles. The summed E-state index contributed by atoms with van der Waals surface area (Å²) in [6.45, 7) is 0.804. The van der Waals surface area contributed by atoms with E-state index < -0.39 is 0 Å². The van der Waals surface area contributed by atoms with Crippen LogP contribution < -0.4 is 5.32 Å². The number of benzene rings is 1. The Morgan fingerprint density at radius 3 is 2.56 bits per heavy atom. The summed E-state index contributed by atoms with van der Waals surface area (Å²) < 4.78 is 6.79. The van der Waals surface area contributed by atoms with E-state index in [-0.39, 0.29) is 5.75 Å². The van der Waals surface area contributed by atoms with Crippen LogP contribution in [-0.4, -0.2) is 24.4 Å². The van der Waals surface area contributed by atoms with Crippen LogP contribution in [0.15, 0.2) is 21.1 Å². The Labute approximate surface area is 124 Å². The number of rotatable bonds is 4. The topological polar surface area (TPSA) is 41.5 Å². The molecule has 0 saturated heterocycles. The van der Waals surface area contributed by atoms with Crippen molar-refractivity contribution in [3.8, 4) is 5.75 Å². The molecule has 1 saturated carbocycles. The summed E-state index contributed by atoms with van der Waals surface area (Å²) in [6.07, 6.45) is 3.79. The Kier molecular flexibility index (Phi) is 5.06. The van der Waals surface area contributed by atoms with Gasteiger partial charge in [-0.3, -0.25) is 0 Å². The lowest BCUT2D eigenvalue weighted by molar-refractivity contribution is 0.107. The predicted molar refractivity (Wildman–Crippen MR) is 78.8 cm³/mol. The van der Waals surface area contributed by atoms with Crippen molar-refractivity contribution in [1.82, 2.24) is 5.32 Å². The molecule has 0 spiro atoms. The molecule has 0 amide bonds. The second kappa shape index (κ2) is 6.37. The zero-order valence-corrected chi connectivity index (χ0v) is 13.4. The molecule has 1 aromatic carbocycles. The fraction of sp³-hybridized carbons (Fsp3) is 0.538. The molecule has 18 heavy (non-hydrogen) atoms. The summed E-state index contributed by atoms with van der Waals surface area (Å²) in [5.41, 5.74) is 1.15. The van der Waals surface area contributed by atoms with Gasteiger partial charge in [-0.05, 0) is 68.8 Å². The first-order valence-electron chi connectivity index (χ1n) is 6.03. The lowest BCUT2D eigenvalue weighted by atomic mass is 10.2. The van der Waals surface area contributed by atoms with E-state index in [1.165, 1.54) is 6.42 Å². The van der Waals surface area contributed by atoms with Crippen molar-refractivity contribution < 1.29 is 9.84 Å². The van der Waals surface area contributed by atoms with Gasteiger partial charge in [0.2, 0.25) is 0 Å². The monoisotopic (exact) mass is 377 g/mol. The van der Waals surface area contributed by atoms with Crippen LogP contribution in [0.5, 0.6) is 5.75 Å². The standard InChI is InChI=1S/C13H17Br2NO2/c1-18-10-3-2-9(6-10)16-7-8-4-11(14)13(17)12(15)5-8/h4-5,9-10,16-17H,2-3,6-7H2,1H3. The van der Waals surface area contributed by atoms with Crippen LogP contribution in [0.1, 0.15) is 24.8 Å². The van der Waals surface area contributed by atoms with Crippen molar-refractivity contribution in [2.75, 3.05) is 7.11 Å². The van der Waals surface area contributed by atoms with E-state index in [0.29, 0.717) is 12.1 Å². The molecule has 2 rings (SSSR count). The Hall–Kier alpha value is -0.100. The van der Waals surface area contributed by atoms with Gasteiger partial charge in [0, 0.05) is 19.7 Å². The third-order valence-electron chi connectivity index (χ3n) is 3.39. The van der Waals surface area contributed by atoms with Gasteiger partial charge in [0.05, 0.1) is 15.0 Å². The first kappa shape index (κ1) is 14.3. The van der Waals surface area contributed by atoms with E-state index in [1.54, 1.807) is 7.11 Å². The summed E-state index contributed by atoms with van der Waals surface area (Å²) in [5, 5.41) is 13.2. The molecule has 1 aliphatic rings. The first-order chi connectivity index (χ1) is 8.60. The van der Waals surface area contributed by atoms with Gasteiger partial charge in [0.25, 0.3) is 0 Å². The average molecular weight is 379 g/mol. The highest BCUT2D eigenvalue weighted by atomic mass is 79.9. The molecule has 3 nitrogen and oxygen atoms in total. The number of methoxy groups -OCH3 is 1. The van der Waals surface area contributed by atoms with Crippen LogP contribution in [0.3, 0.4) is 0 Å². The van der Waals surface area contributed by atoms with Gasteiger partial charge in [0.1, 0.15) is 5.75 Å². The molecular weight excluding hydrogens is 362 g/mol. The molecule has 5 heteroatoms. The van der Waals surface area contributed by atoms with Gasteiger partial charge in [-0.1, -0.05) is 0 Å². The Morgan fingerprint density at radius 1 is 1.33 bits per heavy atom. The lowest BCUT2D eigenvalue weighted by Gasteiger charge is -2.13. The number of aromatic hydroxyl groups is 1. The first-order valence-corrected chi connectivity index (χ1v) is 7.61. The second-order valence-electron chi connectivity index (χ2n) is 4.66. The minimum atomic E-state index is 0.249. The van der Waals surface area contributed by atoms with Crippen LogP contribution in [0.25, 0.3) is 0 Å². The van der Waals surface area contributed by atoms with E-state index in [0.717, 1.165) is 33.9 Å². The van der Waals surface area contributed by atoms with Crippen molar-refractivity contribution in [3.05, 3.63) is 26.6 Å². The van der Waals surface area contributed by atoms with Crippen molar-refractivity contribution in [1.29, 1.82) is 0 Å². The number of hydrogen-bond donors (Lipinski definition) is 2. The maximum absolute atomic E-state index is 9.65. The summed E-state index contributed by atoms with van der Waals surface area (Å²) in [7, 11) is 1.78. The van der Waals surface area contributed by atoms with Crippen LogP contribution >= 0.6 is 31.9 Å². The molecule has 2 unspecified atom stereocenters. The summed E-state index contributed by atoms with van der Waals surface area (Å²) in [6, 6.07) is 4.41. The van der Waals surface area contributed by atoms with Crippen LogP contribution in [0, 0.1) is 0 Å². The average Bonchev–Trinajstić information content (AvgIpc) is 2.81. The summed E-state index contributed by atoms with van der Waals surface area (Å²) in [4.78, 5) is 0. The van der Waals surface area contributed by atoms with Crippen LogP contribution in [0.4, 0.5) is 0 Å². The number of ether oxygens (including phenoxy) is 1. The number of halogens is 2. The summed E-state index contributed by atoms with van der Waals surface area (Å²) in [5.74, 6) is 0.249. The largest absolute Gasteiger partial charge is 0.506 e. The van der Waals surface area contributed by atoms with E-state index >= 15 is 0 Å². The fourth-order valence-electron chi connectivity index (χ4n) is 2.32. The van der Waals surface area contributed by atoms with Crippen LogP contribution in [0.2, 0.25) is 0 Å².